The van der Waals surface area contributed by atoms with E-state index in [1.165, 1.54) is 0 Å². The Morgan fingerprint density at radius 3 is 2.70 bits per heavy atom. The summed E-state index contributed by atoms with van der Waals surface area (Å²) in [6.07, 6.45) is 4.33. The Kier molecular flexibility index (Phi) is 3.74. The highest BCUT2D eigenvalue weighted by molar-refractivity contribution is 6.30. The fourth-order valence-corrected chi connectivity index (χ4v) is 3.43. The fraction of sp³-hybridized carbons (Fsp3) is 0.562. The van der Waals surface area contributed by atoms with Gasteiger partial charge in [-0.1, -0.05) is 30.2 Å². The van der Waals surface area contributed by atoms with Crippen LogP contribution in [0.1, 0.15) is 37.7 Å². The minimum absolute atomic E-state index is 0.118. The predicted molar refractivity (Wildman–Crippen MR) is 78.7 cm³/mol. The lowest BCUT2D eigenvalue weighted by Gasteiger charge is -2.41. The predicted octanol–water partition coefficient (Wildman–Crippen LogP) is 2.65. The number of rotatable bonds is 4. The monoisotopic (exact) mass is 293 g/mol. The quantitative estimate of drug-likeness (QED) is 0.896. The second kappa shape index (κ2) is 5.38. The molecule has 2 aliphatic rings. The third-order valence-corrected chi connectivity index (χ3v) is 5.02. The van der Waals surface area contributed by atoms with E-state index in [1.54, 1.807) is 0 Å². The smallest absolute Gasteiger partial charge is 0.230 e. The number of benzene rings is 1. The zero-order valence-electron chi connectivity index (χ0n) is 11.4. The molecule has 3 rings (SSSR count). The number of aliphatic hydroxyl groups is 1. The molecule has 0 aromatic heterocycles. The number of halogens is 1. The Labute approximate surface area is 124 Å². The van der Waals surface area contributed by atoms with Crippen LogP contribution in [-0.2, 0) is 10.2 Å². The molecule has 0 spiro atoms. The van der Waals surface area contributed by atoms with Gasteiger partial charge in [-0.15, -0.1) is 0 Å². The molecule has 0 unspecified atom stereocenters. The molecule has 1 amide bonds. The zero-order valence-corrected chi connectivity index (χ0v) is 12.2. The van der Waals surface area contributed by atoms with Gasteiger partial charge in [0.25, 0.3) is 0 Å². The molecule has 0 atom stereocenters. The Bertz CT molecular complexity index is 507. The van der Waals surface area contributed by atoms with Gasteiger partial charge in [-0.05, 0) is 49.3 Å². The summed E-state index contributed by atoms with van der Waals surface area (Å²) in [6, 6.07) is 7.66. The summed E-state index contributed by atoms with van der Waals surface area (Å²) >= 11 is 6.05. The van der Waals surface area contributed by atoms with Crippen LogP contribution in [0.5, 0.6) is 0 Å². The molecule has 2 N–H and O–H groups in total. The lowest BCUT2D eigenvalue weighted by Crippen LogP contribution is -2.51. The second-order valence-corrected chi connectivity index (χ2v) is 6.58. The van der Waals surface area contributed by atoms with Crippen LogP contribution >= 0.6 is 11.6 Å². The van der Waals surface area contributed by atoms with Gasteiger partial charge in [-0.2, -0.15) is 0 Å². The molecule has 2 saturated carbocycles. The van der Waals surface area contributed by atoms with Gasteiger partial charge in [0.1, 0.15) is 0 Å². The third kappa shape index (κ3) is 2.45. The van der Waals surface area contributed by atoms with Gasteiger partial charge >= 0.3 is 0 Å². The lowest BCUT2D eigenvalue weighted by molar-refractivity contribution is -0.130. The highest BCUT2D eigenvalue weighted by atomic mass is 35.5. The van der Waals surface area contributed by atoms with Crippen LogP contribution in [0.4, 0.5) is 0 Å². The third-order valence-electron chi connectivity index (χ3n) is 4.78. The lowest BCUT2D eigenvalue weighted by atomic mass is 9.63. The Hall–Kier alpha value is -1.06. The van der Waals surface area contributed by atoms with E-state index >= 15 is 0 Å². The molecule has 0 heterocycles. The minimum atomic E-state index is -0.382. The summed E-state index contributed by atoms with van der Waals surface area (Å²) < 4.78 is 0. The van der Waals surface area contributed by atoms with Gasteiger partial charge in [0.2, 0.25) is 5.91 Å². The van der Waals surface area contributed by atoms with Crippen LogP contribution in [0.3, 0.4) is 0 Å². The Balaban J connectivity index is 1.67. The first-order valence-electron chi connectivity index (χ1n) is 7.32. The first-order chi connectivity index (χ1) is 9.60. The van der Waals surface area contributed by atoms with Crippen molar-refractivity contribution in [1.29, 1.82) is 0 Å². The highest BCUT2D eigenvalue weighted by Crippen LogP contribution is 2.44. The standard InChI is InChI=1S/C16H20ClNO2/c17-13-4-1-3-12(9-13)16(5-2-6-16)15(20)18-10-11-7-14(19)8-11/h1,3-4,9,11,14,19H,2,5-8,10H2,(H,18,20). The fourth-order valence-electron chi connectivity index (χ4n) is 3.24. The molecule has 0 radical (unpaired) electrons. The first-order valence-corrected chi connectivity index (χ1v) is 7.70. The molecule has 0 saturated heterocycles. The van der Waals surface area contributed by atoms with Crippen molar-refractivity contribution in [1.82, 2.24) is 5.32 Å². The van der Waals surface area contributed by atoms with Gasteiger partial charge in [0, 0.05) is 11.6 Å². The molecule has 0 aliphatic heterocycles. The number of amides is 1. The van der Waals surface area contributed by atoms with Crippen molar-refractivity contribution in [2.45, 2.75) is 43.6 Å². The van der Waals surface area contributed by atoms with Gasteiger partial charge in [-0.3, -0.25) is 4.79 Å². The molecule has 1 aromatic rings. The van der Waals surface area contributed by atoms with Crippen molar-refractivity contribution in [3.8, 4) is 0 Å². The van der Waals surface area contributed by atoms with Crippen LogP contribution in [0.15, 0.2) is 24.3 Å². The molecule has 3 nitrogen and oxygen atoms in total. The summed E-state index contributed by atoms with van der Waals surface area (Å²) in [5, 5.41) is 13.0. The second-order valence-electron chi connectivity index (χ2n) is 6.15. The van der Waals surface area contributed by atoms with Gasteiger partial charge in [0.15, 0.2) is 0 Å². The maximum atomic E-state index is 12.6. The summed E-state index contributed by atoms with van der Waals surface area (Å²) in [7, 11) is 0. The number of carbonyl (C=O) groups is 1. The molecule has 2 aliphatic carbocycles. The van der Waals surface area contributed by atoms with Gasteiger partial charge in [-0.25, -0.2) is 0 Å². The van der Waals surface area contributed by atoms with Crippen LogP contribution in [0.2, 0.25) is 5.02 Å². The van der Waals surface area contributed by atoms with E-state index in [0.29, 0.717) is 17.5 Å². The molecule has 4 heteroatoms. The van der Waals surface area contributed by atoms with Crippen LogP contribution in [0, 0.1) is 5.92 Å². The Morgan fingerprint density at radius 1 is 1.40 bits per heavy atom. The number of hydrogen-bond acceptors (Lipinski definition) is 2. The van der Waals surface area contributed by atoms with Crippen molar-refractivity contribution in [3.05, 3.63) is 34.9 Å². The van der Waals surface area contributed by atoms with E-state index in [9.17, 15) is 9.90 Å². The van der Waals surface area contributed by atoms with Gasteiger partial charge in [0.05, 0.1) is 11.5 Å². The van der Waals surface area contributed by atoms with Crippen LogP contribution < -0.4 is 5.32 Å². The van der Waals surface area contributed by atoms with Crippen molar-refractivity contribution in [2.24, 2.45) is 5.92 Å². The normalized spacial score (nSPS) is 27.3. The molecule has 108 valence electrons. The van der Waals surface area contributed by atoms with Gasteiger partial charge < -0.3 is 10.4 Å². The SMILES string of the molecule is O=C(NCC1CC(O)C1)C1(c2cccc(Cl)c2)CCC1. The van der Waals surface area contributed by atoms with Crippen molar-refractivity contribution in [3.63, 3.8) is 0 Å². The zero-order chi connectivity index (χ0) is 14.2. The maximum Gasteiger partial charge on any atom is 0.230 e. The van der Waals surface area contributed by atoms with E-state index in [-0.39, 0.29) is 17.4 Å². The average Bonchev–Trinajstić information content (AvgIpc) is 2.32. The maximum absolute atomic E-state index is 12.6. The number of nitrogens with one attached hydrogen (secondary N) is 1. The van der Waals surface area contributed by atoms with Crippen LogP contribution in [-0.4, -0.2) is 23.7 Å². The topological polar surface area (TPSA) is 49.3 Å². The van der Waals surface area contributed by atoms with E-state index in [1.807, 2.05) is 24.3 Å². The number of hydrogen-bond donors (Lipinski definition) is 2. The summed E-state index contributed by atoms with van der Waals surface area (Å²) in [4.78, 5) is 12.6. The Morgan fingerprint density at radius 2 is 2.15 bits per heavy atom. The van der Waals surface area contributed by atoms with Crippen molar-refractivity contribution < 1.29 is 9.90 Å². The van der Waals surface area contributed by atoms with Crippen molar-refractivity contribution in [2.75, 3.05) is 6.54 Å². The molecule has 0 bridgehead atoms. The number of carbonyl (C=O) groups excluding carboxylic acids is 1. The molecular weight excluding hydrogens is 274 g/mol. The van der Waals surface area contributed by atoms with E-state index in [0.717, 1.165) is 37.7 Å². The molecule has 20 heavy (non-hydrogen) atoms. The van der Waals surface area contributed by atoms with E-state index < -0.39 is 0 Å². The average molecular weight is 294 g/mol. The molecular formula is C16H20ClNO2. The van der Waals surface area contributed by atoms with E-state index in [2.05, 4.69) is 5.32 Å². The highest BCUT2D eigenvalue weighted by Gasteiger charge is 2.45. The summed E-state index contributed by atoms with van der Waals surface area (Å²) in [5.41, 5.74) is 0.648. The van der Waals surface area contributed by atoms with E-state index in [4.69, 9.17) is 11.6 Å². The minimum Gasteiger partial charge on any atom is -0.393 e. The van der Waals surface area contributed by atoms with Crippen molar-refractivity contribution >= 4 is 17.5 Å². The molecule has 1 aromatic carbocycles. The largest absolute Gasteiger partial charge is 0.393 e. The van der Waals surface area contributed by atoms with Crippen LogP contribution in [0.25, 0.3) is 0 Å². The molecule has 2 fully saturated rings. The summed E-state index contributed by atoms with van der Waals surface area (Å²) in [5.74, 6) is 0.554. The summed E-state index contributed by atoms with van der Waals surface area (Å²) in [6.45, 7) is 0.679. The number of aliphatic hydroxyl groups excluding tert-OH is 1. The first kappa shape index (κ1) is 13.9.